The van der Waals surface area contributed by atoms with Crippen LogP contribution in [0, 0.1) is 5.92 Å². The summed E-state index contributed by atoms with van der Waals surface area (Å²) >= 11 is 0. The number of carbonyl (C=O) groups is 2. The molecule has 1 aromatic heterocycles. The van der Waals surface area contributed by atoms with Gasteiger partial charge in [-0.1, -0.05) is 12.1 Å². The fourth-order valence-corrected chi connectivity index (χ4v) is 4.43. The van der Waals surface area contributed by atoms with Crippen LogP contribution < -0.4 is 19.5 Å². The highest BCUT2D eigenvalue weighted by Gasteiger charge is 2.42. The maximum atomic E-state index is 13.4. The van der Waals surface area contributed by atoms with Gasteiger partial charge in [-0.2, -0.15) is 0 Å². The third-order valence-corrected chi connectivity index (χ3v) is 6.27. The third kappa shape index (κ3) is 5.37. The molecule has 182 valence electrons. The zero-order valence-electron chi connectivity index (χ0n) is 20.1. The number of ether oxygens (including phenoxy) is 3. The minimum Gasteiger partial charge on any atom is -0.497 e. The van der Waals surface area contributed by atoms with Crippen molar-refractivity contribution in [3.63, 3.8) is 0 Å². The van der Waals surface area contributed by atoms with Crippen LogP contribution in [0.3, 0.4) is 0 Å². The average Bonchev–Trinajstić information content (AvgIpc) is 3.37. The molecule has 2 heterocycles. The van der Waals surface area contributed by atoms with E-state index < -0.39 is 5.92 Å². The minimum absolute atomic E-state index is 0.147. The van der Waals surface area contributed by atoms with E-state index in [2.05, 4.69) is 10.3 Å². The molecular weight excluding hydrogens is 446 g/mol. The summed E-state index contributed by atoms with van der Waals surface area (Å²) in [5.41, 5.74) is 2.10. The first-order chi connectivity index (χ1) is 17.0. The van der Waals surface area contributed by atoms with Crippen LogP contribution in [0.4, 0.5) is 0 Å². The van der Waals surface area contributed by atoms with E-state index in [1.165, 1.54) is 0 Å². The molecule has 1 fully saturated rings. The van der Waals surface area contributed by atoms with Crippen molar-refractivity contribution in [2.45, 2.75) is 12.5 Å². The number of hydrogen-bond acceptors (Lipinski definition) is 6. The molecule has 0 radical (unpaired) electrons. The van der Waals surface area contributed by atoms with Crippen LogP contribution in [0.25, 0.3) is 0 Å². The van der Waals surface area contributed by atoms with Gasteiger partial charge < -0.3 is 24.4 Å². The van der Waals surface area contributed by atoms with Crippen LogP contribution in [0.15, 0.2) is 66.9 Å². The highest BCUT2D eigenvalue weighted by atomic mass is 16.5. The van der Waals surface area contributed by atoms with Crippen LogP contribution in [0.5, 0.6) is 17.2 Å². The number of carbonyl (C=O) groups excluding carboxylic acids is 2. The molecule has 0 saturated carbocycles. The number of methoxy groups -OCH3 is 3. The Hall–Kier alpha value is -4.07. The molecule has 2 aromatic carbocycles. The number of likely N-dealkylation sites (tertiary alicyclic amines) is 1. The summed E-state index contributed by atoms with van der Waals surface area (Å²) in [5.74, 6) is 0.848. The molecule has 0 spiro atoms. The summed E-state index contributed by atoms with van der Waals surface area (Å²) in [6.45, 7) is 0.943. The zero-order chi connectivity index (χ0) is 24.8. The Kier molecular flexibility index (Phi) is 7.50. The Morgan fingerprint density at radius 2 is 1.74 bits per heavy atom. The Bertz CT molecular complexity index is 1180. The number of hydrogen-bond donors (Lipinski definition) is 1. The van der Waals surface area contributed by atoms with E-state index in [4.69, 9.17) is 14.2 Å². The lowest BCUT2D eigenvalue weighted by Crippen LogP contribution is -2.35. The van der Waals surface area contributed by atoms with Crippen molar-refractivity contribution in [2.24, 2.45) is 5.92 Å². The largest absolute Gasteiger partial charge is 0.497 e. The van der Waals surface area contributed by atoms with Gasteiger partial charge in [-0.3, -0.25) is 14.6 Å². The molecule has 2 amide bonds. The predicted octanol–water partition coefficient (Wildman–Crippen LogP) is 3.28. The molecule has 0 bridgehead atoms. The van der Waals surface area contributed by atoms with Crippen LogP contribution in [-0.4, -0.2) is 56.1 Å². The van der Waals surface area contributed by atoms with Crippen LogP contribution in [-0.2, 0) is 11.3 Å². The van der Waals surface area contributed by atoms with Gasteiger partial charge in [-0.25, -0.2) is 0 Å². The summed E-state index contributed by atoms with van der Waals surface area (Å²) in [6.07, 6.45) is 1.69. The number of rotatable bonds is 8. The Morgan fingerprint density at radius 1 is 0.943 bits per heavy atom. The number of aromatic nitrogens is 1. The number of amides is 2. The second kappa shape index (κ2) is 10.9. The molecular formula is C27H29N3O5. The molecule has 1 N–H and O–H groups in total. The Balaban J connectivity index is 1.63. The molecule has 2 atom stereocenters. The maximum absolute atomic E-state index is 13.4. The van der Waals surface area contributed by atoms with Crippen molar-refractivity contribution in [2.75, 3.05) is 34.4 Å². The molecule has 4 rings (SSSR count). The first kappa shape index (κ1) is 24.1. The van der Waals surface area contributed by atoms with Gasteiger partial charge >= 0.3 is 0 Å². The van der Waals surface area contributed by atoms with Gasteiger partial charge in [-0.15, -0.1) is 0 Å². The Labute approximate surface area is 204 Å². The number of benzene rings is 2. The Morgan fingerprint density at radius 3 is 2.46 bits per heavy atom. The molecule has 0 aliphatic carbocycles. The molecule has 8 heteroatoms. The average molecular weight is 476 g/mol. The zero-order valence-corrected chi connectivity index (χ0v) is 20.1. The smallest absolute Gasteiger partial charge is 0.254 e. The molecule has 8 nitrogen and oxygen atoms in total. The lowest BCUT2D eigenvalue weighted by atomic mass is 9.87. The van der Waals surface area contributed by atoms with Crippen molar-refractivity contribution in [3.8, 4) is 17.2 Å². The third-order valence-electron chi connectivity index (χ3n) is 6.27. The molecule has 3 aromatic rings. The summed E-state index contributed by atoms with van der Waals surface area (Å²) in [4.78, 5) is 32.8. The molecule has 1 aliphatic rings. The van der Waals surface area contributed by atoms with Crippen molar-refractivity contribution in [3.05, 3.63) is 83.7 Å². The topological polar surface area (TPSA) is 90.0 Å². The standard InChI is InChI=1S/C27H29N3O5/c1-33-20-9-6-7-18(13-20)27(32)30-16-23(22-14-21(34-2)10-11-25(22)35-3)24(17-30)26(31)29-15-19-8-4-5-12-28-19/h4-14,23-24H,15-17H2,1-3H3,(H,29,31). The van der Waals surface area contributed by atoms with Crippen LogP contribution in [0.2, 0.25) is 0 Å². The first-order valence-corrected chi connectivity index (χ1v) is 11.4. The summed E-state index contributed by atoms with van der Waals surface area (Å²) in [6, 6.07) is 18.1. The van der Waals surface area contributed by atoms with Gasteiger partial charge in [0, 0.05) is 36.3 Å². The monoisotopic (exact) mass is 475 g/mol. The van der Waals surface area contributed by atoms with Crippen molar-refractivity contribution < 1.29 is 23.8 Å². The van der Waals surface area contributed by atoms with Crippen LogP contribution in [0.1, 0.15) is 27.5 Å². The van der Waals surface area contributed by atoms with Gasteiger partial charge in [0.25, 0.3) is 5.91 Å². The maximum Gasteiger partial charge on any atom is 0.254 e. The fourth-order valence-electron chi connectivity index (χ4n) is 4.43. The van der Waals surface area contributed by atoms with E-state index >= 15 is 0 Å². The van der Waals surface area contributed by atoms with E-state index in [1.54, 1.807) is 56.7 Å². The van der Waals surface area contributed by atoms with Gasteiger partial charge in [-0.05, 0) is 48.5 Å². The lowest BCUT2D eigenvalue weighted by Gasteiger charge is -2.21. The second-order valence-electron chi connectivity index (χ2n) is 8.30. The summed E-state index contributed by atoms with van der Waals surface area (Å²) < 4.78 is 16.3. The highest BCUT2D eigenvalue weighted by molar-refractivity contribution is 5.95. The van der Waals surface area contributed by atoms with E-state index in [-0.39, 0.29) is 24.3 Å². The highest BCUT2D eigenvalue weighted by Crippen LogP contribution is 2.40. The predicted molar refractivity (Wildman–Crippen MR) is 131 cm³/mol. The van der Waals surface area contributed by atoms with Gasteiger partial charge in [0.15, 0.2) is 0 Å². The van der Waals surface area contributed by atoms with Gasteiger partial charge in [0.1, 0.15) is 17.2 Å². The van der Waals surface area contributed by atoms with Gasteiger partial charge in [0.2, 0.25) is 5.91 Å². The number of nitrogens with one attached hydrogen (secondary N) is 1. The fraction of sp³-hybridized carbons (Fsp3) is 0.296. The quantitative estimate of drug-likeness (QED) is 0.538. The SMILES string of the molecule is COc1cccc(C(=O)N2CC(C(=O)NCc3ccccn3)C(c3cc(OC)ccc3OC)C2)c1. The van der Waals surface area contributed by atoms with Gasteiger partial charge in [0.05, 0.1) is 39.5 Å². The molecule has 1 aliphatic heterocycles. The van der Waals surface area contributed by atoms with E-state index in [0.29, 0.717) is 35.9 Å². The molecule has 2 unspecified atom stereocenters. The lowest BCUT2D eigenvalue weighted by molar-refractivity contribution is -0.125. The van der Waals surface area contributed by atoms with E-state index in [0.717, 1.165) is 11.3 Å². The summed E-state index contributed by atoms with van der Waals surface area (Å²) in [5, 5.41) is 2.99. The second-order valence-corrected chi connectivity index (χ2v) is 8.30. The first-order valence-electron chi connectivity index (χ1n) is 11.4. The molecule has 35 heavy (non-hydrogen) atoms. The van der Waals surface area contributed by atoms with Crippen molar-refractivity contribution in [1.29, 1.82) is 0 Å². The molecule has 1 saturated heterocycles. The number of pyridine rings is 1. The van der Waals surface area contributed by atoms with Crippen molar-refractivity contribution >= 4 is 11.8 Å². The number of nitrogens with zero attached hydrogens (tertiary/aromatic N) is 2. The van der Waals surface area contributed by atoms with E-state index in [9.17, 15) is 9.59 Å². The normalized spacial score (nSPS) is 17.1. The summed E-state index contributed by atoms with van der Waals surface area (Å²) in [7, 11) is 4.75. The van der Waals surface area contributed by atoms with Crippen molar-refractivity contribution in [1.82, 2.24) is 15.2 Å². The minimum atomic E-state index is -0.478. The van der Waals surface area contributed by atoms with Crippen LogP contribution >= 0.6 is 0 Å². The van der Waals surface area contributed by atoms with E-state index in [1.807, 2.05) is 36.4 Å².